The smallest absolute Gasteiger partial charge is 0.255 e. The van der Waals surface area contributed by atoms with E-state index in [4.69, 9.17) is 0 Å². The Morgan fingerprint density at radius 2 is 2.00 bits per heavy atom. The molecule has 1 aromatic rings. The number of carbonyl (C=O) groups excluding carboxylic acids is 1. The van der Waals surface area contributed by atoms with E-state index in [9.17, 15) is 4.79 Å². The van der Waals surface area contributed by atoms with Gasteiger partial charge in [0, 0.05) is 17.1 Å². The molecule has 3 heteroatoms. The van der Waals surface area contributed by atoms with E-state index >= 15 is 0 Å². The van der Waals surface area contributed by atoms with Gasteiger partial charge in [-0.2, -0.15) is 0 Å². The lowest BCUT2D eigenvalue weighted by molar-refractivity contribution is 0.0619. The van der Waals surface area contributed by atoms with Gasteiger partial charge in [-0.3, -0.25) is 4.79 Å². The van der Waals surface area contributed by atoms with Crippen LogP contribution in [0, 0.1) is 6.92 Å². The van der Waals surface area contributed by atoms with Crippen LogP contribution in [0.5, 0.6) is 0 Å². The van der Waals surface area contributed by atoms with Gasteiger partial charge >= 0.3 is 0 Å². The van der Waals surface area contributed by atoms with Crippen molar-refractivity contribution in [2.24, 2.45) is 0 Å². The highest BCUT2D eigenvalue weighted by Gasteiger charge is 2.27. The Labute approximate surface area is 112 Å². The van der Waals surface area contributed by atoms with E-state index in [1.165, 1.54) is 0 Å². The largest absolute Gasteiger partial charge is 0.337 e. The first-order valence-corrected chi connectivity index (χ1v) is 6.63. The number of carbonyl (C=O) groups is 1. The lowest BCUT2D eigenvalue weighted by Gasteiger charge is -2.35. The SMILES string of the molecule is CCC(C)(C)N(C)C(=O)c1cc(C)ccc1Br. The number of hydrogen-bond donors (Lipinski definition) is 0. The van der Waals surface area contributed by atoms with Crippen molar-refractivity contribution < 1.29 is 4.79 Å². The summed E-state index contributed by atoms with van der Waals surface area (Å²) in [5, 5.41) is 0. The third-order valence-electron chi connectivity index (χ3n) is 3.43. The lowest BCUT2D eigenvalue weighted by atomic mass is 9.98. The van der Waals surface area contributed by atoms with Crippen molar-refractivity contribution in [1.29, 1.82) is 0 Å². The summed E-state index contributed by atoms with van der Waals surface area (Å²) in [7, 11) is 1.86. The minimum absolute atomic E-state index is 0.0624. The van der Waals surface area contributed by atoms with Gasteiger partial charge in [-0.15, -0.1) is 0 Å². The minimum atomic E-state index is -0.125. The second kappa shape index (κ2) is 5.21. The average Bonchev–Trinajstić information content (AvgIpc) is 2.30. The first-order chi connectivity index (χ1) is 7.79. The summed E-state index contributed by atoms with van der Waals surface area (Å²) in [5.41, 5.74) is 1.70. The molecule has 17 heavy (non-hydrogen) atoms. The zero-order chi connectivity index (χ0) is 13.2. The number of aryl methyl sites for hydroxylation is 1. The van der Waals surface area contributed by atoms with Crippen LogP contribution in [0.25, 0.3) is 0 Å². The molecule has 1 aromatic carbocycles. The Morgan fingerprint density at radius 3 is 2.53 bits per heavy atom. The number of rotatable bonds is 3. The Bertz CT molecular complexity index is 426. The van der Waals surface area contributed by atoms with Gasteiger partial charge in [0.05, 0.1) is 5.56 Å². The zero-order valence-electron chi connectivity index (χ0n) is 11.2. The van der Waals surface area contributed by atoms with E-state index in [-0.39, 0.29) is 11.4 Å². The van der Waals surface area contributed by atoms with Crippen LogP contribution in [0.3, 0.4) is 0 Å². The van der Waals surface area contributed by atoms with Crippen LogP contribution in [0.15, 0.2) is 22.7 Å². The summed E-state index contributed by atoms with van der Waals surface area (Å²) < 4.78 is 0.854. The van der Waals surface area contributed by atoms with Gasteiger partial charge in [0.15, 0.2) is 0 Å². The van der Waals surface area contributed by atoms with Crippen molar-refractivity contribution >= 4 is 21.8 Å². The van der Waals surface area contributed by atoms with Crippen molar-refractivity contribution in [3.63, 3.8) is 0 Å². The van der Waals surface area contributed by atoms with Gasteiger partial charge < -0.3 is 4.90 Å². The summed E-state index contributed by atoms with van der Waals surface area (Å²) >= 11 is 3.44. The fourth-order valence-electron chi connectivity index (χ4n) is 1.50. The van der Waals surface area contributed by atoms with Crippen LogP contribution >= 0.6 is 15.9 Å². The number of benzene rings is 1. The number of amides is 1. The van der Waals surface area contributed by atoms with Crippen LogP contribution in [0.4, 0.5) is 0 Å². The second-order valence-corrected chi connectivity index (χ2v) is 5.87. The Hall–Kier alpha value is -0.830. The summed E-state index contributed by atoms with van der Waals surface area (Å²) in [5.74, 6) is 0.0624. The van der Waals surface area contributed by atoms with E-state index in [2.05, 4.69) is 36.7 Å². The topological polar surface area (TPSA) is 20.3 Å². The standard InChI is InChI=1S/C14H20BrNO/c1-6-14(3,4)16(5)13(17)11-9-10(2)7-8-12(11)15/h7-9H,6H2,1-5H3. The van der Waals surface area contributed by atoms with Crippen molar-refractivity contribution in [3.8, 4) is 0 Å². The third kappa shape index (κ3) is 3.09. The van der Waals surface area contributed by atoms with E-state index in [0.29, 0.717) is 0 Å². The number of hydrogen-bond acceptors (Lipinski definition) is 1. The maximum atomic E-state index is 12.4. The predicted molar refractivity (Wildman–Crippen MR) is 75.3 cm³/mol. The summed E-state index contributed by atoms with van der Waals surface area (Å²) in [6, 6.07) is 5.84. The van der Waals surface area contributed by atoms with Gasteiger partial charge in [-0.1, -0.05) is 18.6 Å². The molecular formula is C14H20BrNO. The molecule has 2 nitrogen and oxygen atoms in total. The van der Waals surface area contributed by atoms with Crippen LogP contribution in [0.2, 0.25) is 0 Å². The molecule has 0 atom stereocenters. The molecule has 0 radical (unpaired) electrons. The van der Waals surface area contributed by atoms with E-state index < -0.39 is 0 Å². The van der Waals surface area contributed by atoms with E-state index in [0.717, 1.165) is 22.0 Å². The molecule has 0 saturated carbocycles. The summed E-state index contributed by atoms with van der Waals surface area (Å²) in [6.45, 7) is 8.24. The van der Waals surface area contributed by atoms with Crippen molar-refractivity contribution in [3.05, 3.63) is 33.8 Å². The highest BCUT2D eigenvalue weighted by atomic mass is 79.9. The normalized spacial score (nSPS) is 11.4. The Morgan fingerprint density at radius 1 is 1.41 bits per heavy atom. The molecule has 0 aliphatic rings. The molecule has 0 aliphatic heterocycles. The molecule has 0 aliphatic carbocycles. The van der Waals surface area contributed by atoms with E-state index in [1.54, 1.807) is 0 Å². The van der Waals surface area contributed by atoms with Gasteiger partial charge in [0.1, 0.15) is 0 Å². The second-order valence-electron chi connectivity index (χ2n) is 5.01. The predicted octanol–water partition coefficient (Wildman–Crippen LogP) is 4.02. The highest BCUT2D eigenvalue weighted by molar-refractivity contribution is 9.10. The number of halogens is 1. The fourth-order valence-corrected chi connectivity index (χ4v) is 1.91. The first-order valence-electron chi connectivity index (χ1n) is 5.84. The average molecular weight is 298 g/mol. The monoisotopic (exact) mass is 297 g/mol. The fraction of sp³-hybridized carbons (Fsp3) is 0.500. The molecular weight excluding hydrogens is 278 g/mol. The maximum Gasteiger partial charge on any atom is 0.255 e. The van der Waals surface area contributed by atoms with Crippen LogP contribution in [0.1, 0.15) is 43.1 Å². The first kappa shape index (κ1) is 14.2. The molecule has 0 aromatic heterocycles. The molecule has 0 spiro atoms. The summed E-state index contributed by atoms with van der Waals surface area (Å²) in [6.07, 6.45) is 0.929. The maximum absolute atomic E-state index is 12.4. The Kier molecular flexibility index (Phi) is 4.36. The molecule has 1 rings (SSSR count). The highest BCUT2D eigenvalue weighted by Crippen LogP contribution is 2.24. The van der Waals surface area contributed by atoms with Gasteiger partial charge in [0.2, 0.25) is 0 Å². The van der Waals surface area contributed by atoms with Crippen molar-refractivity contribution in [1.82, 2.24) is 4.90 Å². The van der Waals surface area contributed by atoms with Gasteiger partial charge in [-0.25, -0.2) is 0 Å². The number of nitrogens with zero attached hydrogens (tertiary/aromatic N) is 1. The molecule has 0 fully saturated rings. The van der Waals surface area contributed by atoms with Crippen LogP contribution in [-0.4, -0.2) is 23.4 Å². The van der Waals surface area contributed by atoms with Crippen LogP contribution in [-0.2, 0) is 0 Å². The molecule has 94 valence electrons. The minimum Gasteiger partial charge on any atom is -0.337 e. The van der Waals surface area contributed by atoms with Crippen molar-refractivity contribution in [2.45, 2.75) is 39.7 Å². The van der Waals surface area contributed by atoms with Crippen LogP contribution < -0.4 is 0 Å². The van der Waals surface area contributed by atoms with Crippen molar-refractivity contribution in [2.75, 3.05) is 7.05 Å². The van der Waals surface area contributed by atoms with E-state index in [1.807, 2.05) is 37.1 Å². The molecule has 0 unspecified atom stereocenters. The summed E-state index contributed by atoms with van der Waals surface area (Å²) in [4.78, 5) is 14.2. The Balaban J connectivity index is 3.08. The molecule has 0 N–H and O–H groups in total. The van der Waals surface area contributed by atoms with Gasteiger partial charge in [0.25, 0.3) is 5.91 Å². The lowest BCUT2D eigenvalue weighted by Crippen LogP contribution is -2.44. The molecule has 0 saturated heterocycles. The molecule has 0 heterocycles. The third-order valence-corrected chi connectivity index (χ3v) is 4.12. The molecule has 0 bridgehead atoms. The quantitative estimate of drug-likeness (QED) is 0.825. The van der Waals surface area contributed by atoms with Gasteiger partial charge in [-0.05, 0) is 55.3 Å². The zero-order valence-corrected chi connectivity index (χ0v) is 12.8. The molecule has 1 amide bonds.